The van der Waals surface area contributed by atoms with Crippen LogP contribution >= 0.6 is 45.2 Å². The molecule has 0 atom stereocenters. The number of rotatable bonds is 8. The van der Waals surface area contributed by atoms with E-state index in [1.54, 1.807) is 36.4 Å². The average molecular weight is 709 g/mol. The topological polar surface area (TPSA) is 132 Å². The van der Waals surface area contributed by atoms with Gasteiger partial charge in [-0.25, -0.2) is 4.79 Å². The number of carbonyl (C=O) groups excluding carboxylic acids is 2. The molecule has 0 saturated heterocycles. The molecular formula is C25H17I2N3O6. The summed E-state index contributed by atoms with van der Waals surface area (Å²) in [5.41, 5.74) is 1.92. The molecular weight excluding hydrogens is 692 g/mol. The molecule has 3 aromatic rings. The number of nitriles is 1. The first-order valence-electron chi connectivity index (χ1n) is 10.2. The van der Waals surface area contributed by atoms with Gasteiger partial charge in [-0.15, -0.1) is 0 Å². The highest BCUT2D eigenvalue weighted by atomic mass is 127. The van der Waals surface area contributed by atoms with E-state index in [9.17, 15) is 25.0 Å². The van der Waals surface area contributed by atoms with Crippen LogP contribution in [0.25, 0.3) is 6.08 Å². The van der Waals surface area contributed by atoms with Crippen molar-refractivity contribution in [2.75, 3.05) is 12.4 Å². The number of amides is 1. The maximum atomic E-state index is 12.6. The van der Waals surface area contributed by atoms with E-state index in [1.165, 1.54) is 37.5 Å². The number of ether oxygens (including phenoxy) is 2. The minimum Gasteiger partial charge on any atom is -0.487 e. The molecule has 0 radical (unpaired) electrons. The van der Waals surface area contributed by atoms with Crippen molar-refractivity contribution in [2.45, 2.75) is 6.61 Å². The zero-order valence-corrected chi connectivity index (χ0v) is 23.0. The molecule has 0 aromatic heterocycles. The highest BCUT2D eigenvalue weighted by Crippen LogP contribution is 2.31. The van der Waals surface area contributed by atoms with Crippen molar-refractivity contribution >= 4 is 74.5 Å². The molecule has 0 fully saturated rings. The van der Waals surface area contributed by atoms with E-state index >= 15 is 0 Å². The van der Waals surface area contributed by atoms with Gasteiger partial charge in [-0.3, -0.25) is 14.9 Å². The molecule has 0 saturated carbocycles. The van der Waals surface area contributed by atoms with Crippen LogP contribution in [0.4, 0.5) is 11.4 Å². The van der Waals surface area contributed by atoms with Crippen LogP contribution in [-0.4, -0.2) is 23.9 Å². The van der Waals surface area contributed by atoms with Crippen molar-refractivity contribution in [3.05, 3.63) is 100 Å². The summed E-state index contributed by atoms with van der Waals surface area (Å²) in [5.74, 6) is -0.500. The summed E-state index contributed by atoms with van der Waals surface area (Å²) in [7, 11) is 1.28. The predicted octanol–water partition coefficient (Wildman–Crippen LogP) is 5.72. The number of hydrogen-bond donors (Lipinski definition) is 1. The Morgan fingerprint density at radius 1 is 1.11 bits per heavy atom. The summed E-state index contributed by atoms with van der Waals surface area (Å²) < 4.78 is 12.0. The lowest BCUT2D eigenvalue weighted by molar-refractivity contribution is -0.384. The Hall–Kier alpha value is -3.51. The van der Waals surface area contributed by atoms with Crippen LogP contribution < -0.4 is 10.1 Å². The monoisotopic (exact) mass is 709 g/mol. The summed E-state index contributed by atoms with van der Waals surface area (Å²) >= 11 is 4.18. The molecule has 0 bridgehead atoms. The number of nitrogens with one attached hydrogen (secondary N) is 1. The van der Waals surface area contributed by atoms with E-state index in [0.29, 0.717) is 28.1 Å². The molecule has 0 unspecified atom stereocenters. The van der Waals surface area contributed by atoms with E-state index in [4.69, 9.17) is 4.74 Å². The normalized spacial score (nSPS) is 10.8. The van der Waals surface area contributed by atoms with Crippen LogP contribution in [0.2, 0.25) is 0 Å². The molecule has 36 heavy (non-hydrogen) atoms. The Bertz CT molecular complexity index is 1370. The largest absolute Gasteiger partial charge is 0.487 e. The predicted molar refractivity (Wildman–Crippen MR) is 149 cm³/mol. The van der Waals surface area contributed by atoms with Crippen LogP contribution in [0.15, 0.2) is 66.2 Å². The lowest BCUT2D eigenvalue weighted by Gasteiger charge is -2.12. The summed E-state index contributed by atoms with van der Waals surface area (Å²) in [5, 5.41) is 23.1. The molecule has 0 aliphatic rings. The molecule has 1 N–H and O–H groups in total. The second-order valence-corrected chi connectivity index (χ2v) is 9.55. The van der Waals surface area contributed by atoms with Gasteiger partial charge in [-0.05, 0) is 98.8 Å². The molecule has 9 nitrogen and oxygen atoms in total. The third-order valence-electron chi connectivity index (χ3n) is 4.77. The first-order chi connectivity index (χ1) is 17.2. The van der Waals surface area contributed by atoms with Gasteiger partial charge in [0.05, 0.1) is 24.7 Å². The van der Waals surface area contributed by atoms with Crippen molar-refractivity contribution in [3.63, 3.8) is 0 Å². The molecule has 11 heteroatoms. The van der Waals surface area contributed by atoms with Crippen LogP contribution in [0, 0.1) is 28.6 Å². The zero-order valence-electron chi connectivity index (χ0n) is 18.7. The Morgan fingerprint density at radius 3 is 2.36 bits per heavy atom. The van der Waals surface area contributed by atoms with Crippen molar-refractivity contribution < 1.29 is 24.0 Å². The number of carbonyl (C=O) groups is 2. The van der Waals surface area contributed by atoms with Gasteiger partial charge in [-0.1, -0.05) is 12.1 Å². The van der Waals surface area contributed by atoms with Gasteiger partial charge in [0.25, 0.3) is 11.6 Å². The number of methoxy groups -OCH3 is 1. The van der Waals surface area contributed by atoms with Crippen molar-refractivity contribution in [1.29, 1.82) is 5.26 Å². The number of anilines is 1. The maximum Gasteiger partial charge on any atom is 0.337 e. The molecule has 0 heterocycles. The van der Waals surface area contributed by atoms with E-state index in [0.717, 1.165) is 7.14 Å². The van der Waals surface area contributed by atoms with Crippen LogP contribution in [0.3, 0.4) is 0 Å². The first kappa shape index (κ1) is 27.1. The number of hydrogen-bond acceptors (Lipinski definition) is 7. The Morgan fingerprint density at radius 2 is 1.78 bits per heavy atom. The quantitative estimate of drug-likeness (QED) is 0.0792. The second-order valence-electron chi connectivity index (χ2n) is 7.22. The Labute approximate surface area is 233 Å². The minimum absolute atomic E-state index is 0.0114. The summed E-state index contributed by atoms with van der Waals surface area (Å²) in [6.07, 6.45) is 1.47. The van der Waals surface area contributed by atoms with Crippen molar-refractivity contribution in [1.82, 2.24) is 0 Å². The van der Waals surface area contributed by atoms with E-state index in [1.807, 2.05) is 6.07 Å². The van der Waals surface area contributed by atoms with Gasteiger partial charge in [0.1, 0.15) is 24.0 Å². The van der Waals surface area contributed by atoms with Gasteiger partial charge < -0.3 is 14.8 Å². The summed E-state index contributed by atoms with van der Waals surface area (Å²) in [4.78, 5) is 34.7. The van der Waals surface area contributed by atoms with Crippen LogP contribution in [0.1, 0.15) is 21.5 Å². The van der Waals surface area contributed by atoms with Crippen LogP contribution in [-0.2, 0) is 16.1 Å². The summed E-state index contributed by atoms with van der Waals surface area (Å²) in [6, 6.07) is 17.7. The fraction of sp³-hybridized carbons (Fsp3) is 0.0800. The zero-order chi connectivity index (χ0) is 26.2. The number of nitro benzene ring substituents is 1. The first-order valence-corrected chi connectivity index (χ1v) is 12.3. The molecule has 0 spiro atoms. The molecule has 0 aliphatic heterocycles. The molecule has 1 amide bonds. The van der Waals surface area contributed by atoms with Gasteiger partial charge >= 0.3 is 5.97 Å². The second kappa shape index (κ2) is 12.5. The standard InChI is InChI=1S/C25H17I2N3O6/c1-35-25(32)17-5-7-19(8-6-17)29-24(31)18(13-28)9-16-11-21(26)23(22(27)12-16)36-14-15-3-2-4-20(10-15)30(33)34/h2-12H,14H2,1H3,(H,29,31)/b18-9+. The molecule has 3 rings (SSSR count). The maximum absolute atomic E-state index is 12.6. The molecule has 3 aromatic carbocycles. The van der Waals surface area contributed by atoms with Crippen molar-refractivity contribution in [2.24, 2.45) is 0 Å². The van der Waals surface area contributed by atoms with E-state index in [-0.39, 0.29) is 17.9 Å². The van der Waals surface area contributed by atoms with Gasteiger partial charge in [0, 0.05) is 17.8 Å². The van der Waals surface area contributed by atoms with Crippen LogP contribution in [0.5, 0.6) is 5.75 Å². The third-order valence-corrected chi connectivity index (χ3v) is 6.37. The van der Waals surface area contributed by atoms with E-state index < -0.39 is 16.8 Å². The van der Waals surface area contributed by atoms with Crippen molar-refractivity contribution in [3.8, 4) is 11.8 Å². The fourth-order valence-corrected chi connectivity index (χ4v) is 5.16. The summed E-state index contributed by atoms with van der Waals surface area (Å²) in [6.45, 7) is 0.142. The lowest BCUT2D eigenvalue weighted by atomic mass is 10.1. The number of halogens is 2. The number of nitrogens with zero attached hydrogens (tertiary/aromatic N) is 2. The lowest BCUT2D eigenvalue weighted by Crippen LogP contribution is -2.13. The van der Waals surface area contributed by atoms with Gasteiger partial charge in [0.2, 0.25) is 0 Å². The molecule has 0 aliphatic carbocycles. The van der Waals surface area contributed by atoms with Gasteiger partial charge in [0.15, 0.2) is 0 Å². The average Bonchev–Trinajstić information content (AvgIpc) is 2.86. The van der Waals surface area contributed by atoms with Gasteiger partial charge in [-0.2, -0.15) is 5.26 Å². The number of esters is 1. The molecule has 182 valence electrons. The Kier molecular flexibility index (Phi) is 9.37. The fourth-order valence-electron chi connectivity index (χ4n) is 3.04. The number of benzene rings is 3. The van der Waals surface area contributed by atoms with E-state index in [2.05, 4.69) is 55.2 Å². The number of nitro groups is 1. The highest BCUT2D eigenvalue weighted by Gasteiger charge is 2.14. The third kappa shape index (κ3) is 7.01. The Balaban J connectivity index is 1.74. The smallest absolute Gasteiger partial charge is 0.337 e. The highest BCUT2D eigenvalue weighted by molar-refractivity contribution is 14.1. The minimum atomic E-state index is -0.598. The SMILES string of the molecule is COC(=O)c1ccc(NC(=O)/C(C#N)=C/c2cc(I)c(OCc3cccc([N+](=O)[O-])c3)c(I)c2)cc1. The number of non-ortho nitro benzene ring substituents is 1.